The van der Waals surface area contributed by atoms with Gasteiger partial charge in [-0.1, -0.05) is 18.2 Å². The molecule has 1 aliphatic rings. The van der Waals surface area contributed by atoms with Gasteiger partial charge in [0.2, 0.25) is 10.0 Å². The standard InChI is InChI=1S/C17H16BrN3O4S/c18-15-9-8-13(26(24,25)21-12-6-7-12)10-14(15)17(23)20-19-16(22)11-4-2-1-3-5-11/h1-5,8-10,12,21H,6-7H2,(H,19,22)(H,20,23). The average Bonchev–Trinajstić information content (AvgIpc) is 3.43. The molecule has 3 N–H and O–H groups in total. The highest BCUT2D eigenvalue weighted by atomic mass is 79.9. The normalized spacial score (nSPS) is 13.9. The van der Waals surface area contributed by atoms with Crippen LogP contribution in [0.4, 0.5) is 0 Å². The topological polar surface area (TPSA) is 104 Å². The molecular weight excluding hydrogens is 422 g/mol. The Bertz CT molecular complexity index is 944. The minimum absolute atomic E-state index is 0.00728. The van der Waals surface area contributed by atoms with Gasteiger partial charge in [0, 0.05) is 16.1 Å². The molecule has 26 heavy (non-hydrogen) atoms. The van der Waals surface area contributed by atoms with Crippen LogP contribution in [0.15, 0.2) is 57.9 Å². The monoisotopic (exact) mass is 437 g/mol. The lowest BCUT2D eigenvalue weighted by Crippen LogP contribution is -2.41. The third-order valence-corrected chi connectivity index (χ3v) is 5.93. The maximum absolute atomic E-state index is 12.3. The van der Waals surface area contributed by atoms with Crippen molar-refractivity contribution in [2.24, 2.45) is 0 Å². The van der Waals surface area contributed by atoms with Crippen LogP contribution >= 0.6 is 15.9 Å². The minimum Gasteiger partial charge on any atom is -0.267 e. The van der Waals surface area contributed by atoms with E-state index in [1.807, 2.05) is 0 Å². The summed E-state index contributed by atoms with van der Waals surface area (Å²) >= 11 is 3.22. The Morgan fingerprint density at radius 1 is 0.962 bits per heavy atom. The number of amides is 2. The molecule has 0 aromatic heterocycles. The third kappa shape index (κ3) is 4.48. The molecule has 1 fully saturated rings. The van der Waals surface area contributed by atoms with E-state index in [4.69, 9.17) is 0 Å². The molecule has 1 saturated carbocycles. The molecule has 9 heteroatoms. The molecule has 7 nitrogen and oxygen atoms in total. The number of halogens is 1. The summed E-state index contributed by atoms with van der Waals surface area (Å²) in [4.78, 5) is 24.3. The third-order valence-electron chi connectivity index (χ3n) is 3.72. The van der Waals surface area contributed by atoms with Crippen LogP contribution in [-0.4, -0.2) is 26.3 Å². The SMILES string of the molecule is O=C(NNC(=O)c1cc(S(=O)(=O)NC2CC2)ccc1Br)c1ccccc1. The maximum Gasteiger partial charge on any atom is 0.270 e. The van der Waals surface area contributed by atoms with E-state index >= 15 is 0 Å². The highest BCUT2D eigenvalue weighted by Crippen LogP contribution is 2.25. The van der Waals surface area contributed by atoms with Gasteiger partial charge < -0.3 is 0 Å². The van der Waals surface area contributed by atoms with Gasteiger partial charge in [0.25, 0.3) is 11.8 Å². The van der Waals surface area contributed by atoms with Crippen LogP contribution in [0.3, 0.4) is 0 Å². The Balaban J connectivity index is 1.72. The Labute approximate surface area is 159 Å². The molecule has 1 aliphatic carbocycles. The summed E-state index contributed by atoms with van der Waals surface area (Å²) in [6.45, 7) is 0. The molecule has 2 aromatic carbocycles. The van der Waals surface area contributed by atoms with Crippen LogP contribution in [0.1, 0.15) is 33.6 Å². The molecule has 2 amide bonds. The fourth-order valence-corrected chi connectivity index (χ4v) is 3.93. The second kappa shape index (κ2) is 7.56. The highest BCUT2D eigenvalue weighted by Gasteiger charge is 2.28. The van der Waals surface area contributed by atoms with Gasteiger partial charge in [0.15, 0.2) is 0 Å². The number of hydrogen-bond donors (Lipinski definition) is 3. The fraction of sp³-hybridized carbons (Fsp3) is 0.176. The van der Waals surface area contributed by atoms with Crippen molar-refractivity contribution in [1.29, 1.82) is 0 Å². The molecule has 2 aromatic rings. The number of hydrazine groups is 1. The highest BCUT2D eigenvalue weighted by molar-refractivity contribution is 9.10. The van der Waals surface area contributed by atoms with Gasteiger partial charge in [-0.3, -0.25) is 20.4 Å². The molecular formula is C17H16BrN3O4S. The van der Waals surface area contributed by atoms with Gasteiger partial charge in [0.1, 0.15) is 0 Å². The van der Waals surface area contributed by atoms with Crippen LogP contribution in [0.25, 0.3) is 0 Å². The summed E-state index contributed by atoms with van der Waals surface area (Å²) in [6.07, 6.45) is 1.63. The molecule has 0 saturated heterocycles. The zero-order valence-corrected chi connectivity index (χ0v) is 15.9. The van der Waals surface area contributed by atoms with Crippen molar-refractivity contribution < 1.29 is 18.0 Å². The van der Waals surface area contributed by atoms with Crippen molar-refractivity contribution >= 4 is 37.8 Å². The summed E-state index contributed by atoms with van der Waals surface area (Å²) in [5.41, 5.74) is 5.07. The van der Waals surface area contributed by atoms with Crippen molar-refractivity contribution in [1.82, 2.24) is 15.6 Å². The molecule has 0 heterocycles. The molecule has 0 atom stereocenters. The number of carbonyl (C=O) groups excluding carboxylic acids is 2. The van der Waals surface area contributed by atoms with Gasteiger partial charge in [-0.25, -0.2) is 13.1 Å². The quantitative estimate of drug-likeness (QED) is 0.621. The number of sulfonamides is 1. The molecule has 0 bridgehead atoms. The van der Waals surface area contributed by atoms with Gasteiger partial charge >= 0.3 is 0 Å². The van der Waals surface area contributed by atoms with E-state index in [-0.39, 0.29) is 16.5 Å². The molecule has 136 valence electrons. The Hall–Kier alpha value is -2.23. The van der Waals surface area contributed by atoms with E-state index in [0.29, 0.717) is 10.0 Å². The summed E-state index contributed by atoms with van der Waals surface area (Å²) < 4.78 is 27.6. The Morgan fingerprint density at radius 3 is 2.27 bits per heavy atom. The maximum atomic E-state index is 12.3. The first kappa shape index (κ1) is 18.6. The zero-order chi connectivity index (χ0) is 18.7. The summed E-state index contributed by atoms with van der Waals surface area (Å²) in [7, 11) is -3.68. The minimum atomic E-state index is -3.68. The molecule has 0 unspecified atom stereocenters. The fourth-order valence-electron chi connectivity index (χ4n) is 2.18. The van der Waals surface area contributed by atoms with Crippen LogP contribution < -0.4 is 15.6 Å². The average molecular weight is 438 g/mol. The van der Waals surface area contributed by atoms with E-state index < -0.39 is 21.8 Å². The van der Waals surface area contributed by atoms with Gasteiger partial charge in [0.05, 0.1) is 10.5 Å². The van der Waals surface area contributed by atoms with Crippen molar-refractivity contribution in [3.63, 3.8) is 0 Å². The van der Waals surface area contributed by atoms with Gasteiger partial charge in [-0.05, 0) is 59.1 Å². The molecule has 0 spiro atoms. The van der Waals surface area contributed by atoms with Gasteiger partial charge in [-0.15, -0.1) is 0 Å². The first-order valence-electron chi connectivity index (χ1n) is 7.84. The van der Waals surface area contributed by atoms with Crippen LogP contribution in [0.5, 0.6) is 0 Å². The van der Waals surface area contributed by atoms with Crippen molar-refractivity contribution in [2.45, 2.75) is 23.8 Å². The number of rotatable bonds is 5. The lowest BCUT2D eigenvalue weighted by atomic mass is 10.2. The summed E-state index contributed by atoms with van der Waals surface area (Å²) in [5.74, 6) is -1.11. The van der Waals surface area contributed by atoms with Crippen LogP contribution in [-0.2, 0) is 10.0 Å². The summed E-state index contributed by atoms with van der Waals surface area (Å²) in [5, 5.41) is 0. The lowest BCUT2D eigenvalue weighted by Gasteiger charge is -2.11. The number of nitrogens with one attached hydrogen (secondary N) is 3. The summed E-state index contributed by atoms with van der Waals surface area (Å²) in [6, 6.07) is 12.5. The van der Waals surface area contributed by atoms with Crippen LogP contribution in [0.2, 0.25) is 0 Å². The smallest absolute Gasteiger partial charge is 0.267 e. The van der Waals surface area contributed by atoms with Crippen molar-refractivity contribution in [3.05, 3.63) is 64.1 Å². The molecule has 0 radical (unpaired) electrons. The second-order valence-corrected chi connectivity index (χ2v) is 8.38. The predicted molar refractivity (Wildman–Crippen MR) is 98.9 cm³/mol. The van der Waals surface area contributed by atoms with E-state index in [0.717, 1.165) is 12.8 Å². The van der Waals surface area contributed by atoms with E-state index in [2.05, 4.69) is 31.5 Å². The Morgan fingerprint density at radius 2 is 1.62 bits per heavy atom. The van der Waals surface area contributed by atoms with Crippen molar-refractivity contribution in [3.8, 4) is 0 Å². The number of hydrogen-bond acceptors (Lipinski definition) is 4. The Kier molecular flexibility index (Phi) is 5.40. The first-order chi connectivity index (χ1) is 12.4. The lowest BCUT2D eigenvalue weighted by molar-refractivity contribution is 0.0846. The first-order valence-corrected chi connectivity index (χ1v) is 10.1. The number of carbonyl (C=O) groups is 2. The molecule has 3 rings (SSSR count). The van der Waals surface area contributed by atoms with E-state index in [1.165, 1.54) is 18.2 Å². The molecule has 0 aliphatic heterocycles. The number of benzene rings is 2. The van der Waals surface area contributed by atoms with E-state index in [1.54, 1.807) is 30.3 Å². The zero-order valence-electron chi connectivity index (χ0n) is 13.5. The predicted octanol–water partition coefficient (Wildman–Crippen LogP) is 1.96. The largest absolute Gasteiger partial charge is 0.270 e. The van der Waals surface area contributed by atoms with Crippen LogP contribution in [0, 0.1) is 0 Å². The van der Waals surface area contributed by atoms with Gasteiger partial charge in [-0.2, -0.15) is 0 Å². The second-order valence-electron chi connectivity index (χ2n) is 5.81. The van der Waals surface area contributed by atoms with E-state index in [9.17, 15) is 18.0 Å². The van der Waals surface area contributed by atoms with Crippen molar-refractivity contribution in [2.75, 3.05) is 0 Å².